The Bertz CT molecular complexity index is 652. The van der Waals surface area contributed by atoms with Gasteiger partial charge in [0.1, 0.15) is 11.5 Å². The summed E-state index contributed by atoms with van der Waals surface area (Å²) in [7, 11) is 0. The summed E-state index contributed by atoms with van der Waals surface area (Å²) >= 11 is 1.38. The van der Waals surface area contributed by atoms with Crippen molar-refractivity contribution in [3.63, 3.8) is 0 Å². The Kier molecular flexibility index (Phi) is 4.65. The molecule has 3 heterocycles. The van der Waals surface area contributed by atoms with Crippen LogP contribution >= 0.6 is 11.3 Å². The largest absolute Gasteiger partial charge is 0.376 e. The van der Waals surface area contributed by atoms with Crippen LogP contribution in [-0.4, -0.2) is 35.1 Å². The van der Waals surface area contributed by atoms with Gasteiger partial charge in [0.2, 0.25) is 0 Å². The Labute approximate surface area is 132 Å². The van der Waals surface area contributed by atoms with Crippen LogP contribution in [0.25, 0.3) is 0 Å². The Morgan fingerprint density at radius 1 is 1.45 bits per heavy atom. The zero-order valence-electron chi connectivity index (χ0n) is 12.3. The molecule has 1 aliphatic rings. The van der Waals surface area contributed by atoms with Gasteiger partial charge in [-0.15, -0.1) is 11.3 Å². The fraction of sp³-hybridized carbons (Fsp3) is 0.400. The fourth-order valence-electron chi connectivity index (χ4n) is 2.26. The van der Waals surface area contributed by atoms with E-state index in [9.17, 15) is 4.79 Å². The summed E-state index contributed by atoms with van der Waals surface area (Å²) in [6.07, 6.45) is 2.20. The second-order valence-electron chi connectivity index (χ2n) is 5.17. The first-order valence-electron chi connectivity index (χ1n) is 7.27. The van der Waals surface area contributed by atoms with Crippen LogP contribution in [0.5, 0.6) is 0 Å². The number of carbonyl (C=O) groups excluding carboxylic acids is 1. The highest BCUT2D eigenvalue weighted by atomic mass is 32.1. The summed E-state index contributed by atoms with van der Waals surface area (Å²) in [5.74, 6) is 0.553. The molecule has 3 rings (SSSR count). The van der Waals surface area contributed by atoms with Crippen molar-refractivity contribution < 1.29 is 9.53 Å². The molecule has 1 amide bonds. The zero-order chi connectivity index (χ0) is 15.4. The van der Waals surface area contributed by atoms with Gasteiger partial charge in [0.25, 0.3) is 5.91 Å². The van der Waals surface area contributed by atoms with Gasteiger partial charge in [-0.3, -0.25) is 4.79 Å². The van der Waals surface area contributed by atoms with E-state index in [2.05, 4.69) is 20.6 Å². The van der Waals surface area contributed by atoms with E-state index in [0.29, 0.717) is 17.4 Å². The number of hydrogen-bond donors (Lipinski definition) is 2. The van der Waals surface area contributed by atoms with Crippen LogP contribution in [0.4, 0.5) is 10.9 Å². The van der Waals surface area contributed by atoms with Gasteiger partial charge in [-0.1, -0.05) is 6.07 Å². The minimum absolute atomic E-state index is 0.136. The molecule has 1 saturated heterocycles. The van der Waals surface area contributed by atoms with Crippen LogP contribution in [0.15, 0.2) is 23.6 Å². The van der Waals surface area contributed by atoms with Crippen LogP contribution in [0, 0.1) is 6.92 Å². The summed E-state index contributed by atoms with van der Waals surface area (Å²) in [4.78, 5) is 20.7. The van der Waals surface area contributed by atoms with E-state index in [1.54, 1.807) is 5.38 Å². The molecule has 22 heavy (non-hydrogen) atoms. The Balaban J connectivity index is 1.57. The molecule has 6 nitrogen and oxygen atoms in total. The van der Waals surface area contributed by atoms with Crippen molar-refractivity contribution in [3.8, 4) is 0 Å². The highest BCUT2D eigenvalue weighted by molar-refractivity contribution is 7.14. The van der Waals surface area contributed by atoms with Crippen molar-refractivity contribution in [2.75, 3.05) is 18.5 Å². The topological polar surface area (TPSA) is 76.1 Å². The fourth-order valence-corrected chi connectivity index (χ4v) is 2.96. The average Bonchev–Trinajstić information content (AvgIpc) is 3.16. The second kappa shape index (κ2) is 6.85. The number of thiazole rings is 1. The van der Waals surface area contributed by atoms with Gasteiger partial charge in [-0.05, 0) is 31.9 Å². The molecule has 2 aromatic heterocycles. The van der Waals surface area contributed by atoms with Crippen molar-refractivity contribution in [1.29, 1.82) is 0 Å². The number of hydrogen-bond acceptors (Lipinski definition) is 6. The van der Waals surface area contributed by atoms with Crippen molar-refractivity contribution in [3.05, 3.63) is 35.0 Å². The number of anilines is 2. The molecule has 7 heteroatoms. The molecule has 1 atom stereocenters. The van der Waals surface area contributed by atoms with E-state index < -0.39 is 0 Å². The SMILES string of the molecule is Cc1cccc(Nc2nc(C(=O)NCC3CCCO3)cs2)n1. The highest BCUT2D eigenvalue weighted by Gasteiger charge is 2.17. The summed E-state index contributed by atoms with van der Waals surface area (Å²) in [6, 6.07) is 5.72. The second-order valence-corrected chi connectivity index (χ2v) is 6.03. The number of nitrogens with zero attached hydrogens (tertiary/aromatic N) is 2. The van der Waals surface area contributed by atoms with Crippen molar-refractivity contribution in [2.45, 2.75) is 25.9 Å². The first-order valence-corrected chi connectivity index (χ1v) is 8.15. The number of aromatic nitrogens is 2. The summed E-state index contributed by atoms with van der Waals surface area (Å²) < 4.78 is 5.48. The standard InChI is InChI=1S/C15H18N4O2S/c1-10-4-2-6-13(17-10)19-15-18-12(9-22-15)14(20)16-8-11-5-3-7-21-11/h2,4,6,9,11H,3,5,7-8H2,1H3,(H,16,20)(H,17,18,19). The van der Waals surface area contributed by atoms with Crippen molar-refractivity contribution >= 4 is 28.2 Å². The number of nitrogens with one attached hydrogen (secondary N) is 2. The molecule has 116 valence electrons. The maximum atomic E-state index is 12.1. The number of amides is 1. The molecule has 1 unspecified atom stereocenters. The monoisotopic (exact) mass is 318 g/mol. The van der Waals surface area contributed by atoms with E-state index in [1.807, 2.05) is 25.1 Å². The minimum atomic E-state index is -0.169. The number of aryl methyl sites for hydroxylation is 1. The summed E-state index contributed by atoms with van der Waals surface area (Å²) in [5, 5.41) is 8.37. The normalized spacial score (nSPS) is 17.4. The third-order valence-corrected chi connectivity index (χ3v) is 4.13. The Morgan fingerprint density at radius 3 is 3.14 bits per heavy atom. The molecular weight excluding hydrogens is 300 g/mol. The smallest absolute Gasteiger partial charge is 0.270 e. The van der Waals surface area contributed by atoms with Gasteiger partial charge in [0.15, 0.2) is 5.13 Å². The lowest BCUT2D eigenvalue weighted by atomic mass is 10.2. The number of carbonyl (C=O) groups is 1. The quantitative estimate of drug-likeness (QED) is 0.886. The summed E-state index contributed by atoms with van der Waals surface area (Å²) in [6.45, 7) is 3.25. The number of ether oxygens (including phenoxy) is 1. The van der Waals surface area contributed by atoms with Gasteiger partial charge in [0.05, 0.1) is 6.10 Å². The third-order valence-electron chi connectivity index (χ3n) is 3.37. The maximum Gasteiger partial charge on any atom is 0.270 e. The Morgan fingerprint density at radius 2 is 2.36 bits per heavy atom. The van der Waals surface area contributed by atoms with Gasteiger partial charge in [-0.25, -0.2) is 9.97 Å². The molecule has 0 saturated carbocycles. The van der Waals surface area contributed by atoms with Crippen LogP contribution in [0.3, 0.4) is 0 Å². The Hall–Kier alpha value is -1.99. The maximum absolute atomic E-state index is 12.1. The molecular formula is C15H18N4O2S. The molecule has 0 spiro atoms. The molecule has 2 N–H and O–H groups in total. The third kappa shape index (κ3) is 3.80. The molecule has 1 fully saturated rings. The first kappa shape index (κ1) is 14.9. The average molecular weight is 318 g/mol. The molecule has 0 bridgehead atoms. The molecule has 1 aliphatic heterocycles. The van der Waals surface area contributed by atoms with Crippen LogP contribution in [-0.2, 0) is 4.74 Å². The van der Waals surface area contributed by atoms with Crippen molar-refractivity contribution in [2.24, 2.45) is 0 Å². The number of pyridine rings is 1. The van der Waals surface area contributed by atoms with Gasteiger partial charge < -0.3 is 15.4 Å². The van der Waals surface area contributed by atoms with Gasteiger partial charge in [-0.2, -0.15) is 0 Å². The van der Waals surface area contributed by atoms with E-state index in [-0.39, 0.29) is 12.0 Å². The lowest BCUT2D eigenvalue weighted by Gasteiger charge is -2.09. The predicted molar refractivity (Wildman–Crippen MR) is 85.7 cm³/mol. The summed E-state index contributed by atoms with van der Waals surface area (Å²) in [5.41, 5.74) is 1.34. The van der Waals surface area contributed by atoms with E-state index >= 15 is 0 Å². The number of rotatable bonds is 5. The van der Waals surface area contributed by atoms with Crippen LogP contribution in [0.1, 0.15) is 29.0 Å². The highest BCUT2D eigenvalue weighted by Crippen LogP contribution is 2.20. The van der Waals surface area contributed by atoms with Gasteiger partial charge >= 0.3 is 0 Å². The van der Waals surface area contributed by atoms with E-state index in [4.69, 9.17) is 4.74 Å². The van der Waals surface area contributed by atoms with Crippen LogP contribution in [0.2, 0.25) is 0 Å². The first-order chi connectivity index (χ1) is 10.7. The van der Waals surface area contributed by atoms with E-state index in [1.165, 1.54) is 11.3 Å². The zero-order valence-corrected chi connectivity index (χ0v) is 13.2. The minimum Gasteiger partial charge on any atom is -0.376 e. The molecule has 2 aromatic rings. The van der Waals surface area contributed by atoms with Gasteiger partial charge in [0, 0.05) is 24.2 Å². The molecule has 0 aromatic carbocycles. The molecule has 0 radical (unpaired) electrons. The van der Waals surface area contributed by atoms with Crippen molar-refractivity contribution in [1.82, 2.24) is 15.3 Å². The predicted octanol–water partition coefficient (Wildman–Crippen LogP) is 2.50. The lowest BCUT2D eigenvalue weighted by molar-refractivity contribution is 0.0854. The van der Waals surface area contributed by atoms with Crippen LogP contribution < -0.4 is 10.6 Å². The lowest BCUT2D eigenvalue weighted by Crippen LogP contribution is -2.31. The molecule has 0 aliphatic carbocycles. The van der Waals surface area contributed by atoms with E-state index in [0.717, 1.165) is 31.0 Å².